The van der Waals surface area contributed by atoms with Crippen LogP contribution in [-0.2, 0) is 11.3 Å². The van der Waals surface area contributed by atoms with Crippen LogP contribution in [0.4, 0.5) is 19.1 Å². The zero-order valence-corrected chi connectivity index (χ0v) is 16.1. The van der Waals surface area contributed by atoms with Crippen molar-refractivity contribution in [2.75, 3.05) is 25.2 Å². The van der Waals surface area contributed by atoms with E-state index in [-0.39, 0.29) is 36.8 Å². The third-order valence-corrected chi connectivity index (χ3v) is 4.87. The summed E-state index contributed by atoms with van der Waals surface area (Å²) in [4.78, 5) is 22.3. The molecule has 1 aliphatic carbocycles. The highest BCUT2D eigenvalue weighted by Crippen LogP contribution is 2.42. The van der Waals surface area contributed by atoms with Crippen LogP contribution >= 0.6 is 0 Å². The molecular formula is C20H21F3N4O3. The zero-order chi connectivity index (χ0) is 21.1. The molecule has 0 atom stereocenters. The van der Waals surface area contributed by atoms with Crippen molar-refractivity contribution in [1.82, 2.24) is 14.9 Å². The number of anilines is 1. The summed E-state index contributed by atoms with van der Waals surface area (Å²) in [7, 11) is 0. The van der Waals surface area contributed by atoms with Gasteiger partial charge >= 0.3 is 6.36 Å². The Kier molecular flexibility index (Phi) is 5.76. The van der Waals surface area contributed by atoms with Gasteiger partial charge in [-0.05, 0) is 48.4 Å². The van der Waals surface area contributed by atoms with Crippen LogP contribution in [0.5, 0.6) is 5.75 Å². The van der Waals surface area contributed by atoms with Gasteiger partial charge in [0, 0.05) is 25.5 Å². The number of hydrogen-bond acceptors (Lipinski definition) is 6. The highest BCUT2D eigenvalue weighted by Gasteiger charge is 2.32. The van der Waals surface area contributed by atoms with Crippen LogP contribution in [0.3, 0.4) is 0 Å². The van der Waals surface area contributed by atoms with E-state index in [2.05, 4.69) is 20.0 Å². The first-order valence-electron chi connectivity index (χ1n) is 9.70. The summed E-state index contributed by atoms with van der Waals surface area (Å²) in [5.41, 5.74) is 1.81. The number of rotatable bonds is 6. The number of carbonyl (C=O) groups excluding carboxylic acids is 1. The fourth-order valence-corrected chi connectivity index (χ4v) is 3.28. The van der Waals surface area contributed by atoms with Crippen molar-refractivity contribution in [3.05, 3.63) is 47.3 Å². The summed E-state index contributed by atoms with van der Waals surface area (Å²) in [5, 5.41) is 2.97. The number of aromatic nitrogens is 2. The van der Waals surface area contributed by atoms with Crippen molar-refractivity contribution in [3.8, 4) is 5.75 Å². The Hall–Kier alpha value is -2.88. The van der Waals surface area contributed by atoms with Gasteiger partial charge in [-0.25, -0.2) is 9.97 Å². The van der Waals surface area contributed by atoms with E-state index in [0.29, 0.717) is 24.3 Å². The van der Waals surface area contributed by atoms with E-state index in [9.17, 15) is 18.0 Å². The molecule has 4 rings (SSSR count). The molecule has 1 aromatic heterocycles. The van der Waals surface area contributed by atoms with Crippen LogP contribution < -0.4 is 10.1 Å². The first-order valence-corrected chi connectivity index (χ1v) is 9.70. The lowest BCUT2D eigenvalue weighted by Gasteiger charge is -2.26. The molecule has 1 aromatic carbocycles. The van der Waals surface area contributed by atoms with Gasteiger partial charge in [-0.15, -0.1) is 13.2 Å². The maximum absolute atomic E-state index is 12.6. The Labute approximate surface area is 171 Å². The Balaban J connectivity index is 1.41. The second kappa shape index (κ2) is 8.47. The Morgan fingerprint density at radius 1 is 1.23 bits per heavy atom. The van der Waals surface area contributed by atoms with Gasteiger partial charge in [-0.2, -0.15) is 0 Å². The van der Waals surface area contributed by atoms with Gasteiger partial charge in [-0.3, -0.25) is 4.79 Å². The molecule has 2 fully saturated rings. The van der Waals surface area contributed by atoms with Gasteiger partial charge in [0.05, 0.1) is 12.2 Å². The van der Waals surface area contributed by atoms with Gasteiger partial charge in [0.15, 0.2) is 0 Å². The lowest BCUT2D eigenvalue weighted by Crippen LogP contribution is -2.38. The van der Waals surface area contributed by atoms with E-state index in [1.54, 1.807) is 4.90 Å². The molecule has 1 saturated carbocycles. The van der Waals surface area contributed by atoms with Crippen molar-refractivity contribution in [1.29, 1.82) is 0 Å². The highest BCUT2D eigenvalue weighted by atomic mass is 19.4. The van der Waals surface area contributed by atoms with E-state index in [4.69, 9.17) is 4.74 Å². The smallest absolute Gasteiger partial charge is 0.406 e. The van der Waals surface area contributed by atoms with Gasteiger partial charge in [-0.1, -0.05) is 6.07 Å². The summed E-state index contributed by atoms with van der Waals surface area (Å²) < 4.78 is 47.2. The van der Waals surface area contributed by atoms with Gasteiger partial charge in [0.25, 0.3) is 5.91 Å². The fourth-order valence-electron chi connectivity index (χ4n) is 3.28. The zero-order valence-electron chi connectivity index (χ0n) is 16.1. The molecule has 1 N–H and O–H groups in total. The number of amides is 1. The molecule has 2 heterocycles. The van der Waals surface area contributed by atoms with Gasteiger partial charge < -0.3 is 19.7 Å². The number of nitrogens with zero attached hydrogens (tertiary/aromatic N) is 3. The predicted molar refractivity (Wildman–Crippen MR) is 101 cm³/mol. The molecule has 2 aromatic rings. The molecule has 0 spiro atoms. The van der Waals surface area contributed by atoms with E-state index in [1.165, 1.54) is 24.5 Å². The Morgan fingerprint density at radius 3 is 2.63 bits per heavy atom. The van der Waals surface area contributed by atoms with Crippen LogP contribution in [0, 0.1) is 0 Å². The van der Waals surface area contributed by atoms with E-state index < -0.39 is 6.36 Å². The number of nitrogens with one attached hydrogen (secondary N) is 1. The first-order chi connectivity index (χ1) is 14.4. The fraction of sp³-hybridized carbons (Fsp3) is 0.450. The lowest BCUT2D eigenvalue weighted by molar-refractivity contribution is -0.274. The maximum atomic E-state index is 12.6. The standard InChI is InChI=1S/C20H21F3N4O3/c21-20(22,23)30-17-7-13(6-15(8-17)14-2-3-14)9-24-19-25-10-16(11-26-19)18(28)27-4-1-5-29-12-27/h6-8,10-11,14H,1-5,9,12H2,(H,24,25,26). The van der Waals surface area contributed by atoms with Gasteiger partial charge in [0.2, 0.25) is 5.95 Å². The summed E-state index contributed by atoms with van der Waals surface area (Å²) in [5.74, 6) is 0.124. The first kappa shape index (κ1) is 20.4. The summed E-state index contributed by atoms with van der Waals surface area (Å²) >= 11 is 0. The molecule has 0 bridgehead atoms. The molecule has 0 unspecified atom stereocenters. The molecule has 7 nitrogen and oxygen atoms in total. The quantitative estimate of drug-likeness (QED) is 0.765. The minimum absolute atomic E-state index is 0.202. The number of halogens is 3. The second-order valence-electron chi connectivity index (χ2n) is 7.34. The number of hydrogen-bond donors (Lipinski definition) is 1. The summed E-state index contributed by atoms with van der Waals surface area (Å²) in [6.45, 7) is 1.74. The third-order valence-electron chi connectivity index (χ3n) is 4.87. The van der Waals surface area contributed by atoms with Crippen molar-refractivity contribution in [3.63, 3.8) is 0 Å². The van der Waals surface area contributed by atoms with Crippen molar-refractivity contribution >= 4 is 11.9 Å². The van der Waals surface area contributed by atoms with Crippen molar-refractivity contribution in [2.45, 2.75) is 38.1 Å². The molecule has 10 heteroatoms. The Morgan fingerprint density at radius 2 is 2.00 bits per heavy atom. The number of ether oxygens (including phenoxy) is 2. The highest BCUT2D eigenvalue weighted by molar-refractivity contribution is 5.93. The third kappa shape index (κ3) is 5.38. The molecular weight excluding hydrogens is 401 g/mol. The van der Waals surface area contributed by atoms with Crippen LogP contribution in [0.15, 0.2) is 30.6 Å². The molecule has 2 aliphatic rings. The molecule has 1 aliphatic heterocycles. The normalized spacial score (nSPS) is 17.0. The molecule has 30 heavy (non-hydrogen) atoms. The van der Waals surface area contributed by atoms with Crippen LogP contribution in [0.25, 0.3) is 0 Å². The number of benzene rings is 1. The monoisotopic (exact) mass is 422 g/mol. The largest absolute Gasteiger partial charge is 0.573 e. The van der Waals surface area contributed by atoms with Crippen molar-refractivity contribution < 1.29 is 27.4 Å². The summed E-state index contributed by atoms with van der Waals surface area (Å²) in [6, 6.07) is 4.65. The molecule has 160 valence electrons. The minimum atomic E-state index is -4.74. The van der Waals surface area contributed by atoms with Crippen molar-refractivity contribution in [2.24, 2.45) is 0 Å². The van der Waals surface area contributed by atoms with E-state index >= 15 is 0 Å². The molecule has 1 saturated heterocycles. The lowest BCUT2D eigenvalue weighted by atomic mass is 10.1. The molecule has 0 radical (unpaired) electrons. The topological polar surface area (TPSA) is 76.6 Å². The average Bonchev–Trinajstić information content (AvgIpc) is 3.57. The number of carbonyl (C=O) groups is 1. The van der Waals surface area contributed by atoms with E-state index in [0.717, 1.165) is 24.8 Å². The Bertz CT molecular complexity index is 895. The minimum Gasteiger partial charge on any atom is -0.406 e. The van der Waals surface area contributed by atoms with Crippen LogP contribution in [0.1, 0.15) is 46.7 Å². The van der Waals surface area contributed by atoms with E-state index in [1.807, 2.05) is 6.07 Å². The van der Waals surface area contributed by atoms with Crippen LogP contribution in [0.2, 0.25) is 0 Å². The SMILES string of the molecule is O=C(c1cnc(NCc2cc(OC(F)(F)F)cc(C3CC3)c2)nc1)N1CCCOC1. The second-order valence-corrected chi connectivity index (χ2v) is 7.34. The van der Waals surface area contributed by atoms with Gasteiger partial charge in [0.1, 0.15) is 12.5 Å². The predicted octanol–water partition coefficient (Wildman–Crippen LogP) is 3.68. The number of alkyl halides is 3. The summed E-state index contributed by atoms with van der Waals surface area (Å²) in [6.07, 6.45) is 0.812. The maximum Gasteiger partial charge on any atom is 0.573 e. The van der Waals surface area contributed by atoms with Crippen LogP contribution in [-0.4, -0.2) is 47.0 Å². The molecule has 1 amide bonds. The average molecular weight is 422 g/mol.